The molecule has 1 N–H and O–H groups in total. The van der Waals surface area contributed by atoms with E-state index in [0.29, 0.717) is 19.4 Å². The first kappa shape index (κ1) is 22.5. The van der Waals surface area contributed by atoms with Crippen molar-refractivity contribution in [2.24, 2.45) is 4.99 Å². The topological polar surface area (TPSA) is 54.6 Å². The summed E-state index contributed by atoms with van der Waals surface area (Å²) >= 11 is 10.8. The van der Waals surface area contributed by atoms with Gasteiger partial charge < -0.3 is 5.11 Å². The molecule has 3 aromatic carbocycles. The van der Waals surface area contributed by atoms with Crippen LogP contribution in [0.4, 0.5) is 4.39 Å². The third-order valence-electron chi connectivity index (χ3n) is 6.40. The van der Waals surface area contributed by atoms with E-state index in [9.17, 15) is 14.3 Å². The summed E-state index contributed by atoms with van der Waals surface area (Å²) in [4.78, 5) is 19.2. The summed E-state index contributed by atoms with van der Waals surface area (Å²) in [5, 5.41) is 10.6. The number of rotatable bonds is 2. The molecule has 4 aromatic rings. The van der Waals surface area contributed by atoms with E-state index in [4.69, 9.17) is 16.6 Å². The molecule has 1 atom stereocenters. The van der Waals surface area contributed by atoms with E-state index in [0.717, 1.165) is 35.2 Å². The van der Waals surface area contributed by atoms with Gasteiger partial charge in [-0.05, 0) is 59.9 Å². The summed E-state index contributed by atoms with van der Waals surface area (Å²) in [6, 6.07) is 17.4. The summed E-state index contributed by atoms with van der Waals surface area (Å²) in [6.45, 7) is 0. The van der Waals surface area contributed by atoms with Crippen molar-refractivity contribution in [3.05, 3.63) is 123 Å². The summed E-state index contributed by atoms with van der Waals surface area (Å²) in [7, 11) is 0. The van der Waals surface area contributed by atoms with Gasteiger partial charge in [-0.3, -0.25) is 9.36 Å². The average molecular weight is 568 g/mol. The number of benzene rings is 3. The van der Waals surface area contributed by atoms with Gasteiger partial charge in [0, 0.05) is 15.6 Å². The molecule has 174 valence electrons. The first-order chi connectivity index (χ1) is 16.9. The van der Waals surface area contributed by atoms with Crippen molar-refractivity contribution in [3.63, 3.8) is 0 Å². The summed E-state index contributed by atoms with van der Waals surface area (Å²) in [5.74, 6) is -0.421. The summed E-state index contributed by atoms with van der Waals surface area (Å²) in [6.07, 6.45) is 3.23. The zero-order chi connectivity index (χ0) is 24.3. The van der Waals surface area contributed by atoms with Gasteiger partial charge >= 0.3 is 0 Å². The van der Waals surface area contributed by atoms with E-state index in [1.165, 1.54) is 29.0 Å². The quantitative estimate of drug-likeness (QED) is 0.344. The molecule has 0 spiro atoms. The fourth-order valence-corrected chi connectivity index (χ4v) is 6.63. The molecule has 4 nitrogen and oxygen atoms in total. The molecular formula is C27H17BrClFN2O2S. The van der Waals surface area contributed by atoms with E-state index >= 15 is 0 Å². The Morgan fingerprint density at radius 1 is 1.14 bits per heavy atom. The van der Waals surface area contributed by atoms with Crippen molar-refractivity contribution in [2.75, 3.05) is 0 Å². The zero-order valence-corrected chi connectivity index (χ0v) is 21.3. The normalized spacial score (nSPS) is 17.0. The number of halogens is 3. The lowest BCUT2D eigenvalue weighted by molar-refractivity contribution is 0.474. The van der Waals surface area contributed by atoms with Crippen LogP contribution in [0.2, 0.25) is 5.02 Å². The maximum absolute atomic E-state index is 13.8. The number of phenols is 1. The molecule has 2 aliphatic rings. The number of thiazole rings is 1. The van der Waals surface area contributed by atoms with Crippen LogP contribution >= 0.6 is 38.9 Å². The fraction of sp³-hybridized carbons (Fsp3) is 0.111. The molecule has 6 rings (SSSR count). The second-order valence-electron chi connectivity index (χ2n) is 8.49. The molecule has 0 saturated heterocycles. The van der Waals surface area contributed by atoms with Gasteiger partial charge in [0.05, 0.1) is 21.3 Å². The molecule has 2 heterocycles. The van der Waals surface area contributed by atoms with Crippen LogP contribution < -0.4 is 14.9 Å². The van der Waals surface area contributed by atoms with Gasteiger partial charge in [0.15, 0.2) is 4.80 Å². The minimum atomic E-state index is -0.392. The van der Waals surface area contributed by atoms with Crippen molar-refractivity contribution in [1.29, 1.82) is 0 Å². The molecule has 35 heavy (non-hydrogen) atoms. The third-order valence-corrected chi connectivity index (χ3v) is 8.13. The van der Waals surface area contributed by atoms with Gasteiger partial charge in [-0.1, -0.05) is 75.3 Å². The Morgan fingerprint density at radius 2 is 1.91 bits per heavy atom. The Hall–Kier alpha value is -3.00. The Morgan fingerprint density at radius 3 is 2.71 bits per heavy atom. The van der Waals surface area contributed by atoms with E-state index in [-0.39, 0.29) is 22.1 Å². The highest BCUT2D eigenvalue weighted by Gasteiger charge is 2.32. The van der Waals surface area contributed by atoms with Gasteiger partial charge in [0.1, 0.15) is 11.6 Å². The van der Waals surface area contributed by atoms with E-state index in [1.54, 1.807) is 34.9 Å². The first-order valence-electron chi connectivity index (χ1n) is 11.0. The molecule has 0 fully saturated rings. The molecule has 0 amide bonds. The van der Waals surface area contributed by atoms with Crippen LogP contribution in [0.5, 0.6) is 5.75 Å². The minimum absolute atomic E-state index is 0.0935. The van der Waals surface area contributed by atoms with Gasteiger partial charge in [-0.25, -0.2) is 9.38 Å². The molecule has 8 heteroatoms. The predicted octanol–water partition coefficient (Wildman–Crippen LogP) is 5.58. The number of aryl methyl sites for hydroxylation is 1. The lowest BCUT2D eigenvalue weighted by atomic mass is 9.83. The predicted molar refractivity (Wildman–Crippen MR) is 140 cm³/mol. The monoisotopic (exact) mass is 566 g/mol. The van der Waals surface area contributed by atoms with Crippen LogP contribution in [0, 0.1) is 5.82 Å². The van der Waals surface area contributed by atoms with Crippen molar-refractivity contribution in [3.8, 4) is 5.75 Å². The number of fused-ring (bicyclic) bond motifs is 3. The highest BCUT2D eigenvalue weighted by Crippen LogP contribution is 2.41. The maximum atomic E-state index is 13.8. The van der Waals surface area contributed by atoms with Crippen LogP contribution in [0.15, 0.2) is 80.5 Å². The van der Waals surface area contributed by atoms with E-state index in [2.05, 4.69) is 28.1 Å². The van der Waals surface area contributed by atoms with Gasteiger partial charge in [0.25, 0.3) is 5.56 Å². The summed E-state index contributed by atoms with van der Waals surface area (Å²) in [5.41, 5.74) is 5.25. The van der Waals surface area contributed by atoms with Crippen LogP contribution in [0.1, 0.15) is 34.7 Å². The number of aromatic nitrogens is 1. The molecule has 0 bridgehead atoms. The molecule has 1 aliphatic heterocycles. The number of allylic oxidation sites excluding steroid dienone is 1. The van der Waals surface area contributed by atoms with Gasteiger partial charge in [-0.15, -0.1) is 0 Å². The van der Waals surface area contributed by atoms with E-state index in [1.807, 2.05) is 12.1 Å². The Balaban J connectivity index is 1.64. The van der Waals surface area contributed by atoms with Crippen LogP contribution in [-0.2, 0) is 6.42 Å². The van der Waals surface area contributed by atoms with Crippen molar-refractivity contribution < 1.29 is 9.50 Å². The van der Waals surface area contributed by atoms with Crippen molar-refractivity contribution in [1.82, 2.24) is 4.57 Å². The Bertz CT molecular complexity index is 1720. The first-order valence-corrected chi connectivity index (χ1v) is 13.0. The minimum Gasteiger partial charge on any atom is -0.506 e. The highest BCUT2D eigenvalue weighted by atomic mass is 79.9. The lowest BCUT2D eigenvalue weighted by Crippen LogP contribution is -2.38. The van der Waals surface area contributed by atoms with Crippen LogP contribution in [0.25, 0.3) is 11.8 Å². The number of hydrogen-bond donors (Lipinski definition) is 1. The number of hydrogen-bond acceptors (Lipinski definition) is 4. The molecule has 0 saturated carbocycles. The zero-order valence-electron chi connectivity index (χ0n) is 18.1. The van der Waals surface area contributed by atoms with Crippen LogP contribution in [0.3, 0.4) is 0 Å². The number of nitrogens with zero attached hydrogens (tertiary/aromatic N) is 2. The SMILES string of the molecule is O=c1/c(=C\c2cc(Br)cc(Cl)c2O)sc2n1[C@@H](c1ccc(F)cc1)C1=C(N=2)c2ccccc2CC1. The Kier molecular flexibility index (Phi) is 5.51. The van der Waals surface area contributed by atoms with Crippen molar-refractivity contribution >= 4 is 50.6 Å². The average Bonchev–Trinajstić information content (AvgIpc) is 3.16. The smallest absolute Gasteiger partial charge is 0.271 e. The van der Waals surface area contributed by atoms with Gasteiger partial charge in [-0.2, -0.15) is 0 Å². The Labute approximate surface area is 217 Å². The molecular weight excluding hydrogens is 551 g/mol. The highest BCUT2D eigenvalue weighted by molar-refractivity contribution is 9.10. The standard InChI is InChI=1S/C27H17BrClFN2O2S/c28-17-11-16(25(33)21(29)13-17)12-22-26(34)32-24(15-5-8-18(30)9-6-15)20-10-7-14-3-1-2-4-19(14)23(20)31-27(32)35-22/h1-6,8-9,11-13,24,33H,7,10H2/b22-12+/t24-/m0/s1. The lowest BCUT2D eigenvalue weighted by Gasteiger charge is -2.30. The molecule has 0 unspecified atom stereocenters. The maximum Gasteiger partial charge on any atom is 0.271 e. The molecule has 0 radical (unpaired) electrons. The largest absolute Gasteiger partial charge is 0.506 e. The second kappa shape index (κ2) is 8.59. The number of phenolic OH excluding ortho intramolecular Hbond substituents is 1. The molecule has 1 aliphatic carbocycles. The van der Waals surface area contributed by atoms with Crippen molar-refractivity contribution in [2.45, 2.75) is 18.9 Å². The second-order valence-corrected chi connectivity index (χ2v) is 10.8. The number of aromatic hydroxyl groups is 1. The third kappa shape index (κ3) is 3.78. The van der Waals surface area contributed by atoms with E-state index < -0.39 is 6.04 Å². The van der Waals surface area contributed by atoms with Gasteiger partial charge in [0.2, 0.25) is 0 Å². The summed E-state index contributed by atoms with van der Waals surface area (Å²) < 4.78 is 16.6. The molecule has 1 aromatic heterocycles. The van der Waals surface area contributed by atoms with Crippen LogP contribution in [-0.4, -0.2) is 9.67 Å². The fourth-order valence-electron chi connectivity index (χ4n) is 4.80.